The number of aromatic nitrogens is 4. The van der Waals surface area contributed by atoms with Crippen molar-refractivity contribution >= 4 is 16.7 Å². The molecule has 156 valence electrons. The molecule has 5 rings (SSSR count). The molecule has 0 bridgehead atoms. The molecule has 2 aromatic heterocycles. The summed E-state index contributed by atoms with van der Waals surface area (Å²) in [5.41, 5.74) is 3.00. The predicted octanol–water partition coefficient (Wildman–Crippen LogP) is 4.13. The summed E-state index contributed by atoms with van der Waals surface area (Å²) >= 11 is 0. The molecule has 0 aliphatic rings. The van der Waals surface area contributed by atoms with Crippen LogP contribution in [0.3, 0.4) is 0 Å². The number of esters is 1. The molecule has 0 radical (unpaired) electrons. The van der Waals surface area contributed by atoms with Gasteiger partial charge in [0.1, 0.15) is 6.61 Å². The smallest absolute Gasteiger partial charge is 0.359 e. The van der Waals surface area contributed by atoms with E-state index in [0.717, 1.165) is 22.5 Å². The molecule has 0 saturated heterocycles. The van der Waals surface area contributed by atoms with Crippen LogP contribution in [-0.2, 0) is 11.3 Å². The average molecular weight is 422 g/mol. The highest BCUT2D eigenvalue weighted by molar-refractivity contribution is 6.02. The van der Waals surface area contributed by atoms with Crippen molar-refractivity contribution in [2.45, 2.75) is 6.61 Å². The van der Waals surface area contributed by atoms with Gasteiger partial charge in [0.25, 0.3) is 5.56 Å². The number of carbonyl (C=O) groups is 1. The van der Waals surface area contributed by atoms with Crippen molar-refractivity contribution in [2.75, 3.05) is 0 Å². The Hall–Kier alpha value is -4.52. The third-order valence-electron chi connectivity index (χ3n) is 5.11. The zero-order valence-electron chi connectivity index (χ0n) is 16.9. The Morgan fingerprint density at radius 1 is 0.875 bits per heavy atom. The number of ether oxygens (including phenoxy) is 1. The molecule has 7 nitrogen and oxygen atoms in total. The number of carbonyl (C=O) groups excluding carboxylic acids is 1. The van der Waals surface area contributed by atoms with E-state index >= 15 is 0 Å². The number of para-hydroxylation sites is 1. The average Bonchev–Trinajstić information content (AvgIpc) is 3.28. The second kappa shape index (κ2) is 8.31. The van der Waals surface area contributed by atoms with E-state index in [0.29, 0.717) is 10.8 Å². The molecular weight excluding hydrogens is 404 g/mol. The van der Waals surface area contributed by atoms with Crippen LogP contribution in [0.15, 0.2) is 95.9 Å². The Kier molecular flexibility index (Phi) is 5.05. The molecule has 7 heteroatoms. The summed E-state index contributed by atoms with van der Waals surface area (Å²) < 4.78 is 7.36. The zero-order chi connectivity index (χ0) is 21.9. The number of H-pyrrole nitrogens is 1. The van der Waals surface area contributed by atoms with Crippen LogP contribution in [0.1, 0.15) is 16.1 Å². The molecule has 0 unspecified atom stereocenters. The Bertz CT molecular complexity index is 1460. The first-order valence-corrected chi connectivity index (χ1v) is 10.0. The monoisotopic (exact) mass is 422 g/mol. The molecule has 0 aliphatic carbocycles. The van der Waals surface area contributed by atoms with Crippen molar-refractivity contribution in [3.8, 4) is 16.9 Å². The second-order valence-electron chi connectivity index (χ2n) is 7.17. The number of hydrogen-bond acceptors (Lipinski definition) is 5. The fourth-order valence-electron chi connectivity index (χ4n) is 3.55. The molecule has 1 N–H and O–H groups in total. The molecule has 0 aliphatic heterocycles. The highest BCUT2D eigenvalue weighted by Gasteiger charge is 2.18. The van der Waals surface area contributed by atoms with Gasteiger partial charge >= 0.3 is 5.97 Å². The lowest BCUT2D eigenvalue weighted by Gasteiger charge is -2.06. The van der Waals surface area contributed by atoms with E-state index in [1.807, 2.05) is 66.9 Å². The summed E-state index contributed by atoms with van der Waals surface area (Å²) in [4.78, 5) is 24.8. The number of rotatable bonds is 5. The van der Waals surface area contributed by atoms with Gasteiger partial charge in [0.2, 0.25) is 0 Å². The number of nitrogens with one attached hydrogen (secondary N) is 1. The molecule has 0 amide bonds. The van der Waals surface area contributed by atoms with Gasteiger partial charge in [-0.15, -0.1) is 0 Å². The molecular formula is C25H18N4O3. The maximum atomic E-state index is 12.8. The van der Waals surface area contributed by atoms with Gasteiger partial charge in [-0.3, -0.25) is 4.79 Å². The first-order chi connectivity index (χ1) is 15.7. The number of fused-ring (bicyclic) bond motifs is 1. The van der Waals surface area contributed by atoms with E-state index in [1.165, 1.54) is 0 Å². The van der Waals surface area contributed by atoms with Crippen molar-refractivity contribution < 1.29 is 9.53 Å². The van der Waals surface area contributed by atoms with E-state index in [2.05, 4.69) is 10.2 Å². The summed E-state index contributed by atoms with van der Waals surface area (Å²) in [7, 11) is 0. The van der Waals surface area contributed by atoms with Crippen molar-refractivity contribution in [2.24, 2.45) is 0 Å². The zero-order valence-corrected chi connectivity index (χ0v) is 16.9. The molecule has 3 aromatic carbocycles. The number of aromatic amines is 1. The minimum absolute atomic E-state index is 0.00499. The Morgan fingerprint density at radius 3 is 2.28 bits per heavy atom. The van der Waals surface area contributed by atoms with Crippen LogP contribution >= 0.6 is 0 Å². The van der Waals surface area contributed by atoms with Crippen LogP contribution in [0.2, 0.25) is 0 Å². The summed E-state index contributed by atoms with van der Waals surface area (Å²) in [6.07, 6.45) is 1.85. The minimum Gasteiger partial charge on any atom is -0.456 e. The van der Waals surface area contributed by atoms with E-state index in [1.54, 1.807) is 28.9 Å². The van der Waals surface area contributed by atoms with Crippen molar-refractivity contribution in [3.05, 3.63) is 113 Å². The van der Waals surface area contributed by atoms with Crippen molar-refractivity contribution in [1.29, 1.82) is 0 Å². The molecule has 5 aromatic rings. The van der Waals surface area contributed by atoms with Crippen LogP contribution < -0.4 is 5.56 Å². The number of benzene rings is 3. The largest absolute Gasteiger partial charge is 0.456 e. The highest BCUT2D eigenvalue weighted by atomic mass is 16.5. The lowest BCUT2D eigenvalue weighted by molar-refractivity contribution is 0.0467. The van der Waals surface area contributed by atoms with E-state index in [9.17, 15) is 9.59 Å². The van der Waals surface area contributed by atoms with Gasteiger partial charge in [-0.1, -0.05) is 66.7 Å². The third kappa shape index (κ3) is 3.67. The van der Waals surface area contributed by atoms with Crippen molar-refractivity contribution in [3.63, 3.8) is 0 Å². The molecule has 32 heavy (non-hydrogen) atoms. The fraction of sp³-hybridized carbons (Fsp3) is 0.0400. The van der Waals surface area contributed by atoms with Gasteiger partial charge in [0.15, 0.2) is 5.69 Å². The lowest BCUT2D eigenvalue weighted by Crippen LogP contribution is -2.16. The summed E-state index contributed by atoms with van der Waals surface area (Å²) in [6.45, 7) is 0.00499. The van der Waals surface area contributed by atoms with Gasteiger partial charge in [0, 0.05) is 22.7 Å². The van der Waals surface area contributed by atoms with Crippen LogP contribution in [-0.4, -0.2) is 25.9 Å². The third-order valence-corrected chi connectivity index (χ3v) is 5.11. The minimum atomic E-state index is -0.621. The summed E-state index contributed by atoms with van der Waals surface area (Å²) in [5.74, 6) is -0.621. The molecule has 0 saturated carbocycles. The summed E-state index contributed by atoms with van der Waals surface area (Å²) in [5, 5.41) is 11.8. The van der Waals surface area contributed by atoms with Gasteiger partial charge in [-0.25, -0.2) is 14.6 Å². The predicted molar refractivity (Wildman–Crippen MR) is 120 cm³/mol. The van der Waals surface area contributed by atoms with E-state index in [4.69, 9.17) is 9.84 Å². The molecule has 2 heterocycles. The first-order valence-electron chi connectivity index (χ1n) is 10.0. The fourth-order valence-corrected chi connectivity index (χ4v) is 3.55. The number of nitrogens with zero attached hydrogens (tertiary/aromatic N) is 3. The second-order valence-corrected chi connectivity index (χ2v) is 7.17. The molecule has 0 atom stereocenters. The number of hydrogen-bond donors (Lipinski definition) is 1. The topological polar surface area (TPSA) is 89.9 Å². The van der Waals surface area contributed by atoms with Gasteiger partial charge in [-0.05, 0) is 18.2 Å². The normalized spacial score (nSPS) is 10.9. The maximum absolute atomic E-state index is 12.8. The molecule has 0 spiro atoms. The molecule has 0 fully saturated rings. The van der Waals surface area contributed by atoms with Crippen LogP contribution in [0.4, 0.5) is 0 Å². The Balaban J connectivity index is 1.48. The van der Waals surface area contributed by atoms with Crippen LogP contribution in [0.25, 0.3) is 27.7 Å². The first kappa shape index (κ1) is 19.4. The van der Waals surface area contributed by atoms with Gasteiger partial charge in [0.05, 0.1) is 16.8 Å². The van der Waals surface area contributed by atoms with Gasteiger partial charge in [-0.2, -0.15) is 10.2 Å². The SMILES string of the molecule is O=C(OCc1cn(-c2ccccc2)nc1-c1ccccc1)c1n[nH]c(=O)c2ccccc12. The van der Waals surface area contributed by atoms with Crippen LogP contribution in [0.5, 0.6) is 0 Å². The standard InChI is InChI=1S/C25H18N4O3/c30-24-21-14-8-7-13-20(21)23(26-27-24)25(31)32-16-18-15-29(19-11-5-2-6-12-19)28-22(18)17-9-3-1-4-10-17/h1-15H,16H2,(H,27,30). The summed E-state index contributed by atoms with van der Waals surface area (Å²) in [6, 6.07) is 26.2. The van der Waals surface area contributed by atoms with E-state index in [-0.39, 0.29) is 17.9 Å². The van der Waals surface area contributed by atoms with Gasteiger partial charge < -0.3 is 4.74 Å². The Morgan fingerprint density at radius 2 is 1.53 bits per heavy atom. The quantitative estimate of drug-likeness (QED) is 0.430. The van der Waals surface area contributed by atoms with E-state index < -0.39 is 5.97 Å². The highest BCUT2D eigenvalue weighted by Crippen LogP contribution is 2.25. The maximum Gasteiger partial charge on any atom is 0.359 e. The van der Waals surface area contributed by atoms with Crippen molar-refractivity contribution in [1.82, 2.24) is 20.0 Å². The lowest BCUT2D eigenvalue weighted by atomic mass is 10.1. The Labute approximate surface area is 182 Å². The van der Waals surface area contributed by atoms with Crippen LogP contribution in [0, 0.1) is 0 Å².